The van der Waals surface area contributed by atoms with E-state index >= 15 is 0 Å². The van der Waals surface area contributed by atoms with Gasteiger partial charge in [-0.1, -0.05) is 55.7 Å². The summed E-state index contributed by atoms with van der Waals surface area (Å²) in [5.41, 5.74) is 0. The second kappa shape index (κ2) is 20.6. The van der Waals surface area contributed by atoms with Crippen molar-refractivity contribution in [1.82, 2.24) is 0 Å². The molecule has 3 nitrogen and oxygen atoms in total. The van der Waals surface area contributed by atoms with E-state index in [1.807, 2.05) is 18.2 Å². The minimum atomic E-state index is -0.938. The maximum absolute atomic E-state index is 10.2. The number of aliphatic carboxylic acids is 1. The van der Waals surface area contributed by atoms with Gasteiger partial charge in [0.25, 0.3) is 0 Å². The van der Waals surface area contributed by atoms with Crippen LogP contribution < -0.4 is 34.7 Å². The fourth-order valence-corrected chi connectivity index (χ4v) is 1.91. The van der Waals surface area contributed by atoms with Gasteiger partial charge in [0.2, 0.25) is 0 Å². The molecule has 0 unspecified atom stereocenters. The van der Waals surface area contributed by atoms with Gasteiger partial charge in [-0.3, -0.25) is 0 Å². The number of rotatable bonds is 14. The summed E-state index contributed by atoms with van der Waals surface area (Å²) in [7, 11) is 0. The molecule has 0 radical (unpaired) electrons. The van der Waals surface area contributed by atoms with Crippen LogP contribution in [0.4, 0.5) is 0 Å². The summed E-state index contributed by atoms with van der Waals surface area (Å²) in [6.45, 7) is 0.281. The minimum Gasteiger partial charge on any atom is -0.550 e. The van der Waals surface area contributed by atoms with Crippen LogP contribution in [-0.4, -0.2) is 17.7 Å². The van der Waals surface area contributed by atoms with E-state index in [-0.39, 0.29) is 42.6 Å². The molecule has 0 aliphatic carbocycles. The number of hydrogen-bond donors (Lipinski definition) is 1. The molecular formula is C18H29NaO3. The van der Waals surface area contributed by atoms with Crippen molar-refractivity contribution in [3.8, 4) is 0 Å². The zero-order valence-electron chi connectivity index (χ0n) is 14.0. The second-order valence-corrected chi connectivity index (χ2v) is 5.14. The van der Waals surface area contributed by atoms with Gasteiger partial charge < -0.3 is 15.0 Å². The molecule has 0 fully saturated rings. The van der Waals surface area contributed by atoms with E-state index in [9.17, 15) is 9.90 Å². The van der Waals surface area contributed by atoms with E-state index in [2.05, 4.69) is 18.2 Å². The number of hydrogen-bond acceptors (Lipinski definition) is 3. The first-order chi connectivity index (χ1) is 10.3. The Hall–Kier alpha value is -0.350. The third-order valence-corrected chi connectivity index (χ3v) is 3.14. The maximum Gasteiger partial charge on any atom is 1.00 e. The molecular weight excluding hydrogens is 287 g/mol. The Labute approximate surface area is 157 Å². The molecule has 0 atom stereocenters. The van der Waals surface area contributed by atoms with Gasteiger partial charge in [-0.15, -0.1) is 0 Å². The van der Waals surface area contributed by atoms with Crippen LogP contribution in [0.2, 0.25) is 0 Å². The van der Waals surface area contributed by atoms with Crippen molar-refractivity contribution >= 4 is 5.97 Å². The molecule has 0 saturated carbocycles. The van der Waals surface area contributed by atoms with E-state index in [0.29, 0.717) is 0 Å². The van der Waals surface area contributed by atoms with Gasteiger partial charge in [0.05, 0.1) is 0 Å². The Morgan fingerprint density at radius 1 is 0.773 bits per heavy atom. The number of carbonyl (C=O) groups excluding carboxylic acids is 1. The first kappa shape index (κ1) is 23.9. The Morgan fingerprint density at radius 2 is 1.27 bits per heavy atom. The zero-order chi connectivity index (χ0) is 15.6. The van der Waals surface area contributed by atoms with Crippen LogP contribution in [0.5, 0.6) is 0 Å². The number of aliphatic hydroxyl groups is 1. The number of carboxylic acid groups (broad SMARTS) is 1. The summed E-state index contributed by atoms with van der Waals surface area (Å²) in [5.74, 6) is -0.938. The number of unbranched alkanes of at least 4 members (excludes halogenated alkanes) is 7. The van der Waals surface area contributed by atoms with Crippen molar-refractivity contribution in [2.75, 3.05) is 6.61 Å². The van der Waals surface area contributed by atoms with Crippen molar-refractivity contribution in [3.05, 3.63) is 36.5 Å². The average molecular weight is 316 g/mol. The zero-order valence-corrected chi connectivity index (χ0v) is 16.0. The molecule has 4 heteroatoms. The predicted molar refractivity (Wildman–Crippen MR) is 85.7 cm³/mol. The van der Waals surface area contributed by atoms with Gasteiger partial charge in [-0.2, -0.15) is 0 Å². The van der Waals surface area contributed by atoms with Crippen LogP contribution >= 0.6 is 0 Å². The van der Waals surface area contributed by atoms with Gasteiger partial charge in [-0.05, 0) is 44.9 Å². The van der Waals surface area contributed by atoms with Crippen LogP contribution in [0.15, 0.2) is 36.5 Å². The van der Waals surface area contributed by atoms with Gasteiger partial charge in [0, 0.05) is 12.6 Å². The van der Waals surface area contributed by atoms with Crippen LogP contribution in [-0.2, 0) is 4.79 Å². The fourth-order valence-electron chi connectivity index (χ4n) is 1.91. The SMILES string of the molecule is O=C([O-])CCCCCCC/C=C/C=C/C=C/CCCCO.[Na+]. The Morgan fingerprint density at radius 3 is 1.82 bits per heavy atom. The van der Waals surface area contributed by atoms with E-state index in [1.54, 1.807) is 0 Å². The van der Waals surface area contributed by atoms with Crippen LogP contribution in [0, 0.1) is 0 Å². The summed E-state index contributed by atoms with van der Waals surface area (Å²) in [4.78, 5) is 10.2. The van der Waals surface area contributed by atoms with Crippen molar-refractivity contribution in [1.29, 1.82) is 0 Å². The molecule has 0 aromatic carbocycles. The van der Waals surface area contributed by atoms with Gasteiger partial charge >= 0.3 is 29.6 Å². The van der Waals surface area contributed by atoms with Crippen LogP contribution in [0.3, 0.4) is 0 Å². The van der Waals surface area contributed by atoms with Crippen molar-refractivity contribution in [2.45, 2.75) is 64.2 Å². The fraction of sp³-hybridized carbons (Fsp3) is 0.611. The molecule has 22 heavy (non-hydrogen) atoms. The number of allylic oxidation sites excluding steroid dienone is 6. The van der Waals surface area contributed by atoms with E-state index in [0.717, 1.165) is 57.8 Å². The Kier molecular flexibility index (Phi) is 22.4. The Balaban J connectivity index is 0. The summed E-state index contributed by atoms with van der Waals surface area (Å²) in [6.07, 6.45) is 21.8. The molecule has 0 aromatic rings. The maximum atomic E-state index is 10.2. The van der Waals surface area contributed by atoms with Crippen molar-refractivity contribution in [3.63, 3.8) is 0 Å². The Bertz CT molecular complexity index is 322. The molecule has 0 amide bonds. The summed E-state index contributed by atoms with van der Waals surface area (Å²) < 4.78 is 0. The molecule has 0 rings (SSSR count). The van der Waals surface area contributed by atoms with E-state index < -0.39 is 5.97 Å². The molecule has 0 aliphatic heterocycles. The number of carboxylic acids is 1. The average Bonchev–Trinajstić information content (AvgIpc) is 2.46. The molecule has 0 aliphatic rings. The first-order valence-corrected chi connectivity index (χ1v) is 8.06. The molecule has 0 heterocycles. The molecule has 0 spiro atoms. The molecule has 1 N–H and O–H groups in total. The summed E-state index contributed by atoms with van der Waals surface area (Å²) in [5, 5.41) is 18.8. The predicted octanol–water partition coefficient (Wildman–Crippen LogP) is 0.302. The molecule has 120 valence electrons. The molecule has 0 aromatic heterocycles. The quantitative estimate of drug-likeness (QED) is 0.285. The standard InChI is InChI=1S/C18H30O3.Na/c19-17-15-13-11-9-7-5-3-1-2-4-6-8-10-12-14-16-18(20)21;/h1-3,5,7,9,19H,4,6,8,10-17H2,(H,20,21);/q;+1/p-1/b2-1+,5-3+,9-7+;. The largest absolute Gasteiger partial charge is 1.00 e. The molecule has 0 saturated heterocycles. The van der Waals surface area contributed by atoms with Gasteiger partial charge in [-0.25, -0.2) is 0 Å². The summed E-state index contributed by atoms with van der Waals surface area (Å²) >= 11 is 0. The van der Waals surface area contributed by atoms with E-state index in [4.69, 9.17) is 5.11 Å². The minimum absolute atomic E-state index is 0. The molecule has 0 bridgehead atoms. The number of carbonyl (C=O) groups is 1. The van der Waals surface area contributed by atoms with Gasteiger partial charge in [0.15, 0.2) is 0 Å². The smallest absolute Gasteiger partial charge is 0.550 e. The third kappa shape index (κ3) is 21.9. The normalized spacial score (nSPS) is 11.5. The van der Waals surface area contributed by atoms with Crippen LogP contribution in [0.1, 0.15) is 64.2 Å². The van der Waals surface area contributed by atoms with Crippen molar-refractivity contribution in [2.24, 2.45) is 0 Å². The van der Waals surface area contributed by atoms with Gasteiger partial charge in [0.1, 0.15) is 0 Å². The second-order valence-electron chi connectivity index (χ2n) is 5.14. The third-order valence-electron chi connectivity index (χ3n) is 3.14. The summed E-state index contributed by atoms with van der Waals surface area (Å²) in [6, 6.07) is 0. The topological polar surface area (TPSA) is 60.4 Å². The van der Waals surface area contributed by atoms with E-state index in [1.165, 1.54) is 0 Å². The monoisotopic (exact) mass is 316 g/mol. The van der Waals surface area contributed by atoms with Crippen molar-refractivity contribution < 1.29 is 44.6 Å². The number of aliphatic hydroxyl groups excluding tert-OH is 1. The van der Waals surface area contributed by atoms with Crippen LogP contribution in [0.25, 0.3) is 0 Å². The first-order valence-electron chi connectivity index (χ1n) is 8.06.